The predicted octanol–water partition coefficient (Wildman–Crippen LogP) is 4.82. The summed E-state index contributed by atoms with van der Waals surface area (Å²) in [7, 11) is 1.48. The summed E-state index contributed by atoms with van der Waals surface area (Å²) < 4.78 is 21.6. The number of benzene rings is 1. The summed E-state index contributed by atoms with van der Waals surface area (Å²) in [5, 5.41) is 0. The van der Waals surface area contributed by atoms with Gasteiger partial charge in [-0.25, -0.2) is 4.39 Å². The van der Waals surface area contributed by atoms with Crippen LogP contribution in [-0.2, 0) is 6.54 Å². The van der Waals surface area contributed by atoms with Crippen LogP contribution < -0.4 is 4.74 Å². The largest absolute Gasteiger partial charge is 0.494 e. The van der Waals surface area contributed by atoms with E-state index in [1.54, 1.807) is 6.07 Å². The van der Waals surface area contributed by atoms with Crippen LogP contribution in [0.4, 0.5) is 4.39 Å². The molecule has 3 nitrogen and oxygen atoms in total. The smallest absolute Gasteiger partial charge is 0.178 e. The standard InChI is InChI=1S/C16H21FN2OS/c1-20-15-10-14-13(9-12(15)17)18-16(21)19(14)8-7-11-5-3-2-4-6-11/h9-11H,2-8H2,1H3,(H,18,21). The molecule has 0 aliphatic heterocycles. The molecule has 0 bridgehead atoms. The Morgan fingerprint density at radius 1 is 1.33 bits per heavy atom. The van der Waals surface area contributed by atoms with E-state index >= 15 is 0 Å². The SMILES string of the molecule is COc1cc2c(cc1F)[nH]c(=S)n2CCC1CCCCC1. The lowest BCUT2D eigenvalue weighted by Gasteiger charge is -2.21. The van der Waals surface area contributed by atoms with Crippen molar-refractivity contribution in [1.82, 2.24) is 9.55 Å². The summed E-state index contributed by atoms with van der Waals surface area (Å²) in [5.41, 5.74) is 1.66. The van der Waals surface area contributed by atoms with Crippen molar-refractivity contribution in [2.24, 2.45) is 5.92 Å². The van der Waals surface area contributed by atoms with Gasteiger partial charge in [0.15, 0.2) is 16.3 Å². The first-order chi connectivity index (χ1) is 10.2. The molecule has 0 unspecified atom stereocenters. The number of rotatable bonds is 4. The molecule has 3 rings (SSSR count). The number of aromatic amines is 1. The first-order valence-corrected chi connectivity index (χ1v) is 8.06. The Morgan fingerprint density at radius 2 is 2.10 bits per heavy atom. The number of imidazole rings is 1. The molecule has 0 atom stereocenters. The van der Waals surface area contributed by atoms with Crippen molar-refractivity contribution in [3.8, 4) is 5.75 Å². The van der Waals surface area contributed by atoms with Gasteiger partial charge in [0.25, 0.3) is 0 Å². The van der Waals surface area contributed by atoms with Gasteiger partial charge in [-0.3, -0.25) is 0 Å². The van der Waals surface area contributed by atoms with E-state index in [1.807, 2.05) is 0 Å². The van der Waals surface area contributed by atoms with E-state index in [-0.39, 0.29) is 11.6 Å². The van der Waals surface area contributed by atoms with Crippen molar-refractivity contribution in [1.29, 1.82) is 0 Å². The second-order valence-corrected chi connectivity index (χ2v) is 6.27. The summed E-state index contributed by atoms with van der Waals surface area (Å²) in [5.74, 6) is 0.705. The minimum atomic E-state index is -0.360. The van der Waals surface area contributed by atoms with E-state index < -0.39 is 0 Å². The fraction of sp³-hybridized carbons (Fsp3) is 0.562. The van der Waals surface area contributed by atoms with Gasteiger partial charge < -0.3 is 14.3 Å². The van der Waals surface area contributed by atoms with Crippen molar-refractivity contribution in [2.45, 2.75) is 45.1 Å². The Labute approximate surface area is 129 Å². The van der Waals surface area contributed by atoms with Gasteiger partial charge in [-0.05, 0) is 24.6 Å². The van der Waals surface area contributed by atoms with Gasteiger partial charge in [-0.2, -0.15) is 0 Å². The van der Waals surface area contributed by atoms with E-state index in [0.717, 1.165) is 29.9 Å². The number of halogens is 1. The van der Waals surface area contributed by atoms with Crippen LogP contribution in [0.2, 0.25) is 0 Å². The molecule has 0 saturated heterocycles. The molecule has 1 aromatic heterocycles. The summed E-state index contributed by atoms with van der Waals surface area (Å²) in [6.45, 7) is 0.887. The zero-order valence-corrected chi connectivity index (χ0v) is 13.1. The van der Waals surface area contributed by atoms with E-state index in [2.05, 4.69) is 9.55 Å². The Balaban J connectivity index is 1.86. The Morgan fingerprint density at radius 3 is 2.81 bits per heavy atom. The quantitative estimate of drug-likeness (QED) is 0.821. The highest BCUT2D eigenvalue weighted by Gasteiger charge is 2.15. The maximum absolute atomic E-state index is 13.7. The number of methoxy groups -OCH3 is 1. The molecule has 0 radical (unpaired) electrons. The van der Waals surface area contributed by atoms with Crippen molar-refractivity contribution < 1.29 is 9.13 Å². The third kappa shape index (κ3) is 2.98. The van der Waals surface area contributed by atoms with Crippen LogP contribution in [-0.4, -0.2) is 16.7 Å². The van der Waals surface area contributed by atoms with E-state index in [1.165, 1.54) is 45.3 Å². The molecule has 2 aromatic rings. The van der Waals surface area contributed by atoms with Crippen molar-refractivity contribution in [3.05, 3.63) is 22.7 Å². The summed E-state index contributed by atoms with van der Waals surface area (Å²) in [6.07, 6.45) is 7.87. The Bertz CT molecular complexity index is 685. The maximum Gasteiger partial charge on any atom is 0.178 e. The van der Waals surface area contributed by atoms with Gasteiger partial charge in [-0.15, -0.1) is 0 Å². The van der Waals surface area contributed by atoms with Gasteiger partial charge in [-0.1, -0.05) is 32.1 Å². The minimum Gasteiger partial charge on any atom is -0.494 e. The lowest BCUT2D eigenvalue weighted by Crippen LogP contribution is -2.10. The molecule has 114 valence electrons. The van der Waals surface area contributed by atoms with Crippen LogP contribution in [0.3, 0.4) is 0 Å². The monoisotopic (exact) mass is 308 g/mol. The molecule has 1 heterocycles. The number of ether oxygens (including phenoxy) is 1. The second-order valence-electron chi connectivity index (χ2n) is 5.88. The molecule has 1 saturated carbocycles. The number of aromatic nitrogens is 2. The van der Waals surface area contributed by atoms with Gasteiger partial charge in [0.1, 0.15) is 0 Å². The fourth-order valence-corrected chi connectivity index (χ4v) is 3.62. The first-order valence-electron chi connectivity index (χ1n) is 7.65. The van der Waals surface area contributed by atoms with Crippen molar-refractivity contribution >= 4 is 23.3 Å². The van der Waals surface area contributed by atoms with Gasteiger partial charge in [0.05, 0.1) is 18.1 Å². The number of hydrogen-bond acceptors (Lipinski definition) is 2. The minimum absolute atomic E-state index is 0.267. The molecule has 21 heavy (non-hydrogen) atoms. The number of fused-ring (bicyclic) bond motifs is 1. The third-order valence-electron chi connectivity index (χ3n) is 4.53. The number of nitrogens with one attached hydrogen (secondary N) is 1. The number of aryl methyl sites for hydroxylation is 1. The van der Waals surface area contributed by atoms with Gasteiger partial charge >= 0.3 is 0 Å². The zero-order valence-electron chi connectivity index (χ0n) is 12.3. The number of nitrogens with zero attached hydrogens (tertiary/aromatic N) is 1. The number of hydrogen-bond donors (Lipinski definition) is 1. The van der Waals surface area contributed by atoms with Crippen LogP contribution in [0.1, 0.15) is 38.5 Å². The van der Waals surface area contributed by atoms with Crippen LogP contribution in [0.15, 0.2) is 12.1 Å². The average Bonchev–Trinajstić information content (AvgIpc) is 2.79. The van der Waals surface area contributed by atoms with E-state index in [0.29, 0.717) is 4.77 Å². The summed E-state index contributed by atoms with van der Waals surface area (Å²) >= 11 is 5.39. The first kappa shape index (κ1) is 14.6. The zero-order chi connectivity index (χ0) is 14.8. The third-order valence-corrected chi connectivity index (χ3v) is 4.86. The lowest BCUT2D eigenvalue weighted by molar-refractivity contribution is 0.325. The van der Waals surface area contributed by atoms with Crippen LogP contribution in [0.5, 0.6) is 5.75 Å². The highest BCUT2D eigenvalue weighted by molar-refractivity contribution is 7.71. The molecule has 1 aliphatic rings. The summed E-state index contributed by atoms with van der Waals surface area (Å²) in [4.78, 5) is 3.09. The Hall–Kier alpha value is -1.36. The average molecular weight is 308 g/mol. The predicted molar refractivity (Wildman–Crippen MR) is 84.8 cm³/mol. The molecule has 1 N–H and O–H groups in total. The molecule has 0 spiro atoms. The van der Waals surface area contributed by atoms with Gasteiger partial charge in [0, 0.05) is 18.7 Å². The summed E-state index contributed by atoms with van der Waals surface area (Å²) in [6, 6.07) is 3.19. The lowest BCUT2D eigenvalue weighted by atomic mass is 9.87. The van der Waals surface area contributed by atoms with Crippen LogP contribution >= 0.6 is 12.2 Å². The molecule has 1 aliphatic carbocycles. The van der Waals surface area contributed by atoms with Crippen LogP contribution in [0.25, 0.3) is 11.0 Å². The van der Waals surface area contributed by atoms with Crippen molar-refractivity contribution in [2.75, 3.05) is 7.11 Å². The fourth-order valence-electron chi connectivity index (χ4n) is 3.32. The van der Waals surface area contributed by atoms with E-state index in [4.69, 9.17) is 17.0 Å². The molecular formula is C16H21FN2OS. The highest BCUT2D eigenvalue weighted by Crippen LogP contribution is 2.29. The van der Waals surface area contributed by atoms with Crippen molar-refractivity contribution in [3.63, 3.8) is 0 Å². The Kier molecular flexibility index (Phi) is 4.29. The highest BCUT2D eigenvalue weighted by atomic mass is 32.1. The van der Waals surface area contributed by atoms with Crippen LogP contribution in [0, 0.1) is 16.5 Å². The maximum atomic E-state index is 13.7. The molecule has 5 heteroatoms. The molecule has 1 fully saturated rings. The van der Waals surface area contributed by atoms with Gasteiger partial charge in [0.2, 0.25) is 0 Å². The molecule has 0 amide bonds. The normalized spacial score (nSPS) is 16.5. The molecule has 1 aromatic carbocycles. The second kappa shape index (κ2) is 6.18. The topological polar surface area (TPSA) is 29.9 Å². The number of H-pyrrole nitrogens is 1. The van der Waals surface area contributed by atoms with E-state index in [9.17, 15) is 4.39 Å². The molecular weight excluding hydrogens is 287 g/mol.